The lowest BCUT2D eigenvalue weighted by atomic mass is 10.1. The number of nitrogens with zero attached hydrogens (tertiary/aromatic N) is 4. The number of aliphatic hydroxyl groups is 2. The molecule has 0 spiro atoms. The minimum atomic E-state index is -5.77. The zero-order valence-corrected chi connectivity index (χ0v) is 20.7. The zero-order chi connectivity index (χ0) is 27.1. The minimum Gasteiger partial charge on any atom is -0.387 e. The van der Waals surface area contributed by atoms with Gasteiger partial charge in [0.15, 0.2) is 6.23 Å². The molecule has 2 aromatic rings. The largest absolute Gasteiger partial charge is 0.490 e. The molecule has 6 atom stereocenters. The molecule has 1 aliphatic rings. The standard InChI is InChI=1S/C14H21N4O15P3/c1-16-4-2-8(15-16)6-18-10(19)3-5-17(14(18)22)13-12(21)11(20)9(31-13)7-30-35(26,27)33-36(28,29)32-34(23,24)25/h2-5,9,11-13,20-21H,6-7H2,1H3,(H,26,27)(H,28,29)(H2,23,24,25)/t9-,11+,12+,13-/m1/s1. The number of phosphoric ester groups is 1. The van der Waals surface area contributed by atoms with Crippen LogP contribution in [0.2, 0.25) is 0 Å². The van der Waals surface area contributed by atoms with E-state index in [0.717, 1.165) is 21.4 Å². The van der Waals surface area contributed by atoms with E-state index in [9.17, 15) is 38.4 Å². The summed E-state index contributed by atoms with van der Waals surface area (Å²) in [5, 5.41) is 24.6. The molecular weight excluding hydrogens is 557 g/mol. The van der Waals surface area contributed by atoms with Crippen molar-refractivity contribution < 1.29 is 61.4 Å². The van der Waals surface area contributed by atoms with Gasteiger partial charge in [-0.1, -0.05) is 0 Å². The maximum absolute atomic E-state index is 12.9. The van der Waals surface area contributed by atoms with Gasteiger partial charge in [0, 0.05) is 25.5 Å². The van der Waals surface area contributed by atoms with Crippen LogP contribution in [0.1, 0.15) is 11.9 Å². The Labute approximate surface area is 200 Å². The Kier molecular flexibility index (Phi) is 8.39. The number of hydrogen-bond acceptors (Lipinski definition) is 12. The molecule has 1 saturated heterocycles. The second-order valence-electron chi connectivity index (χ2n) is 7.34. The molecule has 1 fully saturated rings. The van der Waals surface area contributed by atoms with E-state index in [1.54, 1.807) is 19.3 Å². The smallest absolute Gasteiger partial charge is 0.387 e. The van der Waals surface area contributed by atoms with Crippen molar-refractivity contribution >= 4 is 23.5 Å². The van der Waals surface area contributed by atoms with E-state index < -0.39 is 65.9 Å². The van der Waals surface area contributed by atoms with E-state index in [-0.39, 0.29) is 6.54 Å². The van der Waals surface area contributed by atoms with Gasteiger partial charge in [-0.2, -0.15) is 13.7 Å². The summed E-state index contributed by atoms with van der Waals surface area (Å²) in [6.45, 7) is -1.29. The number of hydrogen-bond donors (Lipinski definition) is 6. The predicted molar refractivity (Wildman–Crippen MR) is 113 cm³/mol. The SMILES string of the molecule is Cn1ccc(Cn2c(=O)ccn([C@@H]3O[C@H](COP(=O)(O)OP(=O)(O)OP(=O)(O)O)[C@H](O)[C@@H]3O)c2=O)n1. The van der Waals surface area contributed by atoms with Gasteiger partial charge < -0.3 is 34.5 Å². The van der Waals surface area contributed by atoms with Crippen molar-refractivity contribution in [2.24, 2.45) is 7.05 Å². The molecule has 2 aromatic heterocycles. The molecule has 202 valence electrons. The van der Waals surface area contributed by atoms with Gasteiger partial charge in [0.05, 0.1) is 18.8 Å². The average Bonchev–Trinajstić information content (AvgIpc) is 3.24. The summed E-state index contributed by atoms with van der Waals surface area (Å²) in [5.74, 6) is 0. The highest BCUT2D eigenvalue weighted by molar-refractivity contribution is 7.66. The summed E-state index contributed by atoms with van der Waals surface area (Å²) in [6.07, 6.45) is -4.27. The van der Waals surface area contributed by atoms with Crippen molar-refractivity contribution in [2.75, 3.05) is 6.61 Å². The Morgan fingerprint density at radius 1 is 1.00 bits per heavy atom. The molecule has 6 N–H and O–H groups in total. The first kappa shape index (κ1) is 28.7. The highest BCUT2D eigenvalue weighted by Crippen LogP contribution is 2.66. The van der Waals surface area contributed by atoms with E-state index in [1.807, 2.05) is 0 Å². The molecule has 0 aromatic carbocycles. The molecule has 1 aliphatic heterocycles. The number of ether oxygens (including phenoxy) is 1. The van der Waals surface area contributed by atoms with Crippen LogP contribution >= 0.6 is 23.5 Å². The van der Waals surface area contributed by atoms with Crippen LogP contribution in [-0.4, -0.2) is 73.6 Å². The number of rotatable bonds is 10. The van der Waals surface area contributed by atoms with Crippen molar-refractivity contribution in [3.63, 3.8) is 0 Å². The molecule has 0 amide bonds. The molecule has 3 heterocycles. The molecule has 22 heteroatoms. The van der Waals surface area contributed by atoms with Gasteiger partial charge >= 0.3 is 29.2 Å². The molecule has 0 aliphatic carbocycles. The second-order valence-corrected chi connectivity index (χ2v) is 11.8. The maximum Gasteiger partial charge on any atom is 0.490 e. The van der Waals surface area contributed by atoms with Crippen molar-refractivity contribution in [2.45, 2.75) is 31.1 Å². The number of aryl methyl sites for hydroxylation is 1. The van der Waals surface area contributed by atoms with E-state index in [1.165, 1.54) is 4.68 Å². The molecule has 2 unspecified atom stereocenters. The first-order valence-electron chi connectivity index (χ1n) is 9.58. The summed E-state index contributed by atoms with van der Waals surface area (Å²) in [6, 6.07) is 2.55. The van der Waals surface area contributed by atoms with Crippen LogP contribution < -0.4 is 11.2 Å². The van der Waals surface area contributed by atoms with Crippen LogP contribution in [0, 0.1) is 0 Å². The van der Waals surface area contributed by atoms with E-state index in [0.29, 0.717) is 5.69 Å². The molecule has 36 heavy (non-hydrogen) atoms. The summed E-state index contributed by atoms with van der Waals surface area (Å²) < 4.78 is 53.8. The molecule has 0 bridgehead atoms. The second kappa shape index (κ2) is 10.5. The maximum atomic E-state index is 12.9. The molecule has 0 saturated carbocycles. The van der Waals surface area contributed by atoms with E-state index in [2.05, 4.69) is 18.2 Å². The summed E-state index contributed by atoms with van der Waals surface area (Å²) in [4.78, 5) is 60.8. The Morgan fingerprint density at radius 3 is 2.25 bits per heavy atom. The Hall–Kier alpha value is -1.82. The van der Waals surface area contributed by atoms with Crippen LogP contribution in [-0.2, 0) is 45.2 Å². The van der Waals surface area contributed by atoms with Crippen molar-refractivity contribution in [3.05, 3.63) is 51.1 Å². The monoisotopic (exact) mass is 578 g/mol. The topological polar surface area (TPSA) is 271 Å². The fourth-order valence-electron chi connectivity index (χ4n) is 3.15. The highest BCUT2D eigenvalue weighted by Gasteiger charge is 2.46. The molecule has 19 nitrogen and oxygen atoms in total. The fraction of sp³-hybridized carbons (Fsp3) is 0.500. The minimum absolute atomic E-state index is 0.222. The lowest BCUT2D eigenvalue weighted by molar-refractivity contribution is -0.0547. The normalized spacial score (nSPS) is 26.0. The first-order chi connectivity index (χ1) is 16.5. The number of aromatic nitrogens is 4. The average molecular weight is 578 g/mol. The third-order valence-electron chi connectivity index (χ3n) is 4.61. The molecule has 0 radical (unpaired) electrons. The Balaban J connectivity index is 1.74. The Bertz CT molecular complexity index is 1360. The van der Waals surface area contributed by atoms with Gasteiger partial charge in [0.25, 0.3) is 5.56 Å². The van der Waals surface area contributed by atoms with E-state index >= 15 is 0 Å². The van der Waals surface area contributed by atoms with Gasteiger partial charge in [-0.3, -0.25) is 23.1 Å². The van der Waals surface area contributed by atoms with Gasteiger partial charge in [0.2, 0.25) is 0 Å². The first-order valence-corrected chi connectivity index (χ1v) is 14.1. The quantitative estimate of drug-likeness (QED) is 0.163. The number of phosphoric acid groups is 3. The predicted octanol–water partition coefficient (Wildman–Crippen LogP) is -2.25. The highest BCUT2D eigenvalue weighted by atomic mass is 31.3. The van der Waals surface area contributed by atoms with Gasteiger partial charge in [0.1, 0.15) is 18.3 Å². The summed E-state index contributed by atoms with van der Waals surface area (Å²) in [7, 11) is -15.3. The van der Waals surface area contributed by atoms with Gasteiger partial charge in [-0.05, 0) is 6.07 Å². The zero-order valence-electron chi connectivity index (χ0n) is 18.0. The summed E-state index contributed by atoms with van der Waals surface area (Å²) in [5.41, 5.74) is -1.27. The van der Waals surface area contributed by atoms with Crippen molar-refractivity contribution in [1.29, 1.82) is 0 Å². The summed E-state index contributed by atoms with van der Waals surface area (Å²) >= 11 is 0. The van der Waals surface area contributed by atoms with Crippen molar-refractivity contribution in [3.8, 4) is 0 Å². The van der Waals surface area contributed by atoms with Crippen LogP contribution in [0.4, 0.5) is 0 Å². The lowest BCUT2D eigenvalue weighted by Crippen LogP contribution is -2.43. The van der Waals surface area contributed by atoms with Crippen LogP contribution in [0.3, 0.4) is 0 Å². The van der Waals surface area contributed by atoms with Gasteiger partial charge in [-0.15, -0.1) is 0 Å². The Morgan fingerprint density at radius 2 is 1.67 bits per heavy atom. The third-order valence-corrected chi connectivity index (χ3v) is 8.42. The van der Waals surface area contributed by atoms with Gasteiger partial charge in [-0.25, -0.2) is 18.5 Å². The third kappa shape index (κ3) is 7.14. The molecular formula is C14H21N4O15P3. The molecule has 3 rings (SSSR count). The lowest BCUT2D eigenvalue weighted by Gasteiger charge is -2.19. The van der Waals surface area contributed by atoms with E-state index in [4.69, 9.17) is 19.4 Å². The van der Waals surface area contributed by atoms with Crippen molar-refractivity contribution in [1.82, 2.24) is 18.9 Å². The van der Waals surface area contributed by atoms with Crippen LogP contribution in [0.5, 0.6) is 0 Å². The fourth-order valence-corrected chi connectivity index (χ4v) is 6.18. The van der Waals surface area contributed by atoms with Crippen LogP contribution in [0.15, 0.2) is 34.1 Å². The van der Waals surface area contributed by atoms with Crippen LogP contribution in [0.25, 0.3) is 0 Å². The number of aliphatic hydroxyl groups excluding tert-OH is 2.